The summed E-state index contributed by atoms with van der Waals surface area (Å²) >= 11 is 0. The number of rotatable bonds is 4. The number of carbonyl (C=O) groups excluding carboxylic acids is 1. The van der Waals surface area contributed by atoms with E-state index in [-0.39, 0.29) is 34.9 Å². The molecule has 0 atom stereocenters. The Kier molecular flexibility index (Phi) is 4.49. The lowest BCUT2D eigenvalue weighted by Gasteiger charge is -2.09. The molecule has 154 valence electrons. The molecule has 0 fully saturated rings. The van der Waals surface area contributed by atoms with Crippen molar-refractivity contribution in [1.29, 1.82) is 0 Å². The summed E-state index contributed by atoms with van der Waals surface area (Å²) in [4.78, 5) is 48.5. The number of nitrogens with one attached hydrogen (secondary N) is 1. The van der Waals surface area contributed by atoms with Crippen LogP contribution in [0.5, 0.6) is 0 Å². The molecule has 1 aromatic carbocycles. The Morgan fingerprint density at radius 2 is 1.93 bits per heavy atom. The standard InChI is InChI=1S/C19H18N6O5/c1-23-16-14(17(27)24(2)19(23)29)25(9-20-16)8-12(26)13(18(28)30-3)15-21-10-6-4-5-7-11(10)22-15/h4-7,9,26H,8H2,1-3H3,(H,21,22)/b13-12+. The highest BCUT2D eigenvalue weighted by Crippen LogP contribution is 2.22. The van der Waals surface area contributed by atoms with Gasteiger partial charge in [-0.05, 0) is 12.1 Å². The van der Waals surface area contributed by atoms with E-state index in [4.69, 9.17) is 4.74 Å². The molecule has 0 aliphatic heterocycles. The number of fused-ring (bicyclic) bond motifs is 2. The SMILES string of the molecule is COC(=O)/C(=C(/O)Cn1cnc2c1c(=O)n(C)c(=O)n2C)c1nc2ccccc2[nH]1. The van der Waals surface area contributed by atoms with E-state index in [2.05, 4.69) is 15.0 Å². The fourth-order valence-electron chi connectivity index (χ4n) is 3.28. The van der Waals surface area contributed by atoms with Crippen molar-refractivity contribution in [1.82, 2.24) is 28.7 Å². The molecule has 0 spiro atoms. The molecular formula is C19H18N6O5. The number of hydrogen-bond acceptors (Lipinski definition) is 7. The first kappa shape index (κ1) is 19.2. The van der Waals surface area contributed by atoms with E-state index >= 15 is 0 Å². The van der Waals surface area contributed by atoms with E-state index in [1.807, 2.05) is 6.07 Å². The summed E-state index contributed by atoms with van der Waals surface area (Å²) in [5, 5.41) is 10.8. The van der Waals surface area contributed by atoms with Crippen molar-refractivity contribution in [2.24, 2.45) is 14.1 Å². The summed E-state index contributed by atoms with van der Waals surface area (Å²) in [5.41, 5.74) is 0.311. The number of esters is 1. The van der Waals surface area contributed by atoms with Crippen LogP contribution in [0.2, 0.25) is 0 Å². The fourth-order valence-corrected chi connectivity index (χ4v) is 3.28. The lowest BCUT2D eigenvalue weighted by Crippen LogP contribution is -2.37. The molecule has 4 rings (SSSR count). The Hall–Kier alpha value is -4.15. The van der Waals surface area contributed by atoms with Gasteiger partial charge in [0.25, 0.3) is 5.56 Å². The maximum atomic E-state index is 12.6. The molecule has 3 heterocycles. The van der Waals surface area contributed by atoms with Gasteiger partial charge in [0.05, 0.1) is 31.0 Å². The minimum Gasteiger partial charge on any atom is -0.509 e. The zero-order valence-electron chi connectivity index (χ0n) is 16.4. The number of carbonyl (C=O) groups is 1. The summed E-state index contributed by atoms with van der Waals surface area (Å²) < 4.78 is 8.35. The molecule has 0 aliphatic rings. The zero-order valence-corrected chi connectivity index (χ0v) is 16.4. The number of nitrogens with zero attached hydrogens (tertiary/aromatic N) is 5. The predicted octanol–water partition coefficient (Wildman–Crippen LogP) is 0.452. The molecule has 2 N–H and O–H groups in total. The van der Waals surface area contributed by atoms with Gasteiger partial charge in [0.2, 0.25) is 0 Å². The molecule has 11 heteroatoms. The fraction of sp³-hybridized carbons (Fsp3) is 0.211. The van der Waals surface area contributed by atoms with Crippen LogP contribution in [0.4, 0.5) is 0 Å². The van der Waals surface area contributed by atoms with Crippen LogP contribution in [0.25, 0.3) is 27.8 Å². The molecule has 0 aliphatic carbocycles. The number of aliphatic hydroxyl groups is 1. The van der Waals surface area contributed by atoms with Gasteiger partial charge in [-0.1, -0.05) is 12.1 Å². The second kappa shape index (κ2) is 7.03. The van der Waals surface area contributed by atoms with Crippen molar-refractivity contribution < 1.29 is 14.6 Å². The minimum atomic E-state index is -0.795. The number of aliphatic hydroxyl groups excluding tert-OH is 1. The highest BCUT2D eigenvalue weighted by atomic mass is 16.5. The third kappa shape index (κ3) is 2.87. The van der Waals surface area contributed by atoms with Gasteiger partial charge >= 0.3 is 11.7 Å². The van der Waals surface area contributed by atoms with Gasteiger partial charge < -0.3 is 19.4 Å². The van der Waals surface area contributed by atoms with E-state index in [9.17, 15) is 19.5 Å². The van der Waals surface area contributed by atoms with Gasteiger partial charge in [0, 0.05) is 14.1 Å². The molecule has 0 saturated heterocycles. The maximum Gasteiger partial charge on any atom is 0.345 e. The van der Waals surface area contributed by atoms with Crippen LogP contribution in [-0.2, 0) is 30.2 Å². The Morgan fingerprint density at radius 1 is 1.20 bits per heavy atom. The summed E-state index contributed by atoms with van der Waals surface area (Å²) in [6.45, 7) is -0.259. The van der Waals surface area contributed by atoms with E-state index < -0.39 is 17.2 Å². The maximum absolute atomic E-state index is 12.6. The zero-order chi connectivity index (χ0) is 21.6. The van der Waals surface area contributed by atoms with E-state index in [1.165, 1.54) is 36.7 Å². The van der Waals surface area contributed by atoms with Crippen molar-refractivity contribution in [2.45, 2.75) is 6.54 Å². The largest absolute Gasteiger partial charge is 0.509 e. The number of ether oxygens (including phenoxy) is 1. The first-order chi connectivity index (χ1) is 14.3. The number of hydrogen-bond donors (Lipinski definition) is 2. The van der Waals surface area contributed by atoms with Crippen molar-refractivity contribution in [3.05, 3.63) is 63.0 Å². The molecule has 0 saturated carbocycles. The lowest BCUT2D eigenvalue weighted by atomic mass is 10.2. The van der Waals surface area contributed by atoms with Crippen LogP contribution in [-0.4, -0.2) is 46.8 Å². The molecule has 0 bridgehead atoms. The Morgan fingerprint density at radius 3 is 2.63 bits per heavy atom. The Bertz CT molecular complexity index is 1420. The third-order valence-corrected chi connectivity index (χ3v) is 4.84. The van der Waals surface area contributed by atoms with Crippen LogP contribution in [0.15, 0.2) is 45.9 Å². The number of benzene rings is 1. The minimum absolute atomic E-state index is 0.111. The van der Waals surface area contributed by atoms with Crippen LogP contribution in [0.3, 0.4) is 0 Å². The number of aryl methyl sites for hydroxylation is 1. The van der Waals surface area contributed by atoms with E-state index in [0.717, 1.165) is 4.57 Å². The van der Waals surface area contributed by atoms with Gasteiger partial charge in [-0.15, -0.1) is 0 Å². The highest BCUT2D eigenvalue weighted by Gasteiger charge is 2.23. The molecule has 0 amide bonds. The van der Waals surface area contributed by atoms with E-state index in [0.29, 0.717) is 11.0 Å². The highest BCUT2D eigenvalue weighted by molar-refractivity contribution is 6.16. The van der Waals surface area contributed by atoms with Crippen molar-refractivity contribution in [3.63, 3.8) is 0 Å². The van der Waals surface area contributed by atoms with Crippen LogP contribution < -0.4 is 11.2 Å². The van der Waals surface area contributed by atoms with Crippen LogP contribution >= 0.6 is 0 Å². The molecule has 0 unspecified atom stereocenters. The number of H-pyrrole nitrogens is 1. The van der Waals surface area contributed by atoms with Crippen molar-refractivity contribution in [2.75, 3.05) is 7.11 Å². The third-order valence-electron chi connectivity index (χ3n) is 4.84. The normalized spacial score (nSPS) is 12.4. The molecule has 11 nitrogen and oxygen atoms in total. The van der Waals surface area contributed by atoms with Gasteiger partial charge in [0.15, 0.2) is 11.2 Å². The number of aromatic nitrogens is 6. The summed E-state index contributed by atoms with van der Waals surface area (Å²) in [7, 11) is 4.03. The predicted molar refractivity (Wildman–Crippen MR) is 108 cm³/mol. The second-order valence-corrected chi connectivity index (χ2v) is 6.67. The monoisotopic (exact) mass is 410 g/mol. The summed E-state index contributed by atoms with van der Waals surface area (Å²) in [6.07, 6.45) is 1.31. The smallest absolute Gasteiger partial charge is 0.345 e. The number of imidazole rings is 2. The average molecular weight is 410 g/mol. The topological polar surface area (TPSA) is 137 Å². The summed E-state index contributed by atoms with van der Waals surface area (Å²) in [5.74, 6) is -1.04. The van der Waals surface area contributed by atoms with E-state index in [1.54, 1.807) is 18.2 Å². The number of methoxy groups -OCH3 is 1. The molecule has 4 aromatic rings. The van der Waals surface area contributed by atoms with Gasteiger partial charge in [-0.3, -0.25) is 13.9 Å². The van der Waals surface area contributed by atoms with Gasteiger partial charge in [-0.2, -0.15) is 0 Å². The first-order valence-corrected chi connectivity index (χ1v) is 8.90. The van der Waals surface area contributed by atoms with Crippen molar-refractivity contribution in [3.8, 4) is 0 Å². The summed E-state index contributed by atoms with van der Waals surface area (Å²) in [6, 6.07) is 7.15. The van der Waals surface area contributed by atoms with Gasteiger partial charge in [0.1, 0.15) is 17.2 Å². The number of para-hydroxylation sites is 2. The van der Waals surface area contributed by atoms with Crippen LogP contribution in [0, 0.1) is 0 Å². The van der Waals surface area contributed by atoms with Crippen LogP contribution in [0.1, 0.15) is 5.82 Å². The first-order valence-electron chi connectivity index (χ1n) is 8.90. The second-order valence-electron chi connectivity index (χ2n) is 6.67. The Labute approximate surface area is 168 Å². The molecule has 30 heavy (non-hydrogen) atoms. The lowest BCUT2D eigenvalue weighted by molar-refractivity contribution is -0.133. The quantitative estimate of drug-likeness (QED) is 0.283. The molecule has 0 radical (unpaired) electrons. The Balaban J connectivity index is 1.88. The number of aromatic amines is 1. The van der Waals surface area contributed by atoms with Crippen molar-refractivity contribution >= 4 is 33.7 Å². The van der Waals surface area contributed by atoms with Gasteiger partial charge in [-0.25, -0.2) is 19.6 Å². The number of allylic oxidation sites excluding steroid dienone is 1. The molecular weight excluding hydrogens is 392 g/mol. The molecule has 3 aromatic heterocycles. The average Bonchev–Trinajstić information content (AvgIpc) is 3.34.